The number of likely N-dealkylation sites (tertiary alicyclic amines) is 1. The number of piperidine rings is 1. The number of carbonyl (C=O) groups excluding carboxylic acids is 1. The smallest absolute Gasteiger partial charge is 0.251 e. The normalized spacial score (nSPS) is 20.9. The fourth-order valence-corrected chi connectivity index (χ4v) is 6.11. The van der Waals surface area contributed by atoms with Crippen molar-refractivity contribution in [3.8, 4) is 11.1 Å². The van der Waals surface area contributed by atoms with Gasteiger partial charge in [-0.2, -0.15) is 0 Å². The highest BCUT2D eigenvalue weighted by Crippen LogP contribution is 2.39. The highest BCUT2D eigenvalue weighted by molar-refractivity contribution is 5.94. The zero-order chi connectivity index (χ0) is 29.4. The fraction of sp³-hybridized carbons (Fsp3) is 0.324. The van der Waals surface area contributed by atoms with Gasteiger partial charge in [-0.15, -0.1) is 0 Å². The molecule has 0 saturated carbocycles. The SMILES string of the molecule is O=C(NCc1ccccc1-c1ccc([C@H]2O[C@@H](CN3CCCCC3)C[C@@H](c3ccc(CO)cc3)O2)cc1)c1ccccc1. The molecular formula is C37H40N2O4. The maximum Gasteiger partial charge on any atom is 0.251 e. The Morgan fingerprint density at radius 3 is 2.23 bits per heavy atom. The summed E-state index contributed by atoms with van der Waals surface area (Å²) in [5.74, 6) is -0.0861. The van der Waals surface area contributed by atoms with Crippen molar-refractivity contribution in [3.05, 3.63) is 131 Å². The van der Waals surface area contributed by atoms with Crippen molar-refractivity contribution in [2.45, 2.75) is 57.3 Å². The Morgan fingerprint density at radius 2 is 1.49 bits per heavy atom. The van der Waals surface area contributed by atoms with Crippen molar-refractivity contribution in [3.63, 3.8) is 0 Å². The van der Waals surface area contributed by atoms with E-state index in [9.17, 15) is 9.90 Å². The molecule has 2 N–H and O–H groups in total. The molecule has 222 valence electrons. The van der Waals surface area contributed by atoms with E-state index in [-0.39, 0.29) is 24.7 Å². The van der Waals surface area contributed by atoms with E-state index in [1.54, 1.807) is 0 Å². The van der Waals surface area contributed by atoms with Crippen LogP contribution in [-0.4, -0.2) is 41.7 Å². The van der Waals surface area contributed by atoms with Gasteiger partial charge in [0.1, 0.15) is 0 Å². The van der Waals surface area contributed by atoms with Crippen LogP contribution in [0.4, 0.5) is 0 Å². The molecular weight excluding hydrogens is 536 g/mol. The average Bonchev–Trinajstić information content (AvgIpc) is 3.08. The van der Waals surface area contributed by atoms with Crippen LogP contribution in [0, 0.1) is 0 Å². The first-order valence-electron chi connectivity index (χ1n) is 15.4. The van der Waals surface area contributed by atoms with Crippen LogP contribution in [0.1, 0.15) is 70.7 Å². The van der Waals surface area contributed by atoms with Gasteiger partial charge < -0.3 is 24.8 Å². The predicted octanol–water partition coefficient (Wildman–Crippen LogP) is 6.81. The largest absolute Gasteiger partial charge is 0.392 e. The lowest BCUT2D eigenvalue weighted by molar-refractivity contribution is -0.253. The van der Waals surface area contributed by atoms with Gasteiger partial charge in [0.15, 0.2) is 6.29 Å². The monoisotopic (exact) mass is 576 g/mol. The van der Waals surface area contributed by atoms with Gasteiger partial charge in [-0.1, -0.05) is 97.4 Å². The lowest BCUT2D eigenvalue weighted by atomic mass is 9.97. The summed E-state index contributed by atoms with van der Waals surface area (Å²) >= 11 is 0. The topological polar surface area (TPSA) is 71.0 Å². The minimum absolute atomic E-state index is 0.0317. The van der Waals surface area contributed by atoms with E-state index in [2.05, 4.69) is 58.7 Å². The number of amides is 1. The van der Waals surface area contributed by atoms with E-state index < -0.39 is 6.29 Å². The van der Waals surface area contributed by atoms with E-state index in [1.807, 2.05) is 54.6 Å². The molecule has 0 radical (unpaired) electrons. The first kappa shape index (κ1) is 29.3. The summed E-state index contributed by atoms with van der Waals surface area (Å²) in [5, 5.41) is 12.6. The Hall–Kier alpha value is -3.81. The quantitative estimate of drug-likeness (QED) is 0.229. The predicted molar refractivity (Wildman–Crippen MR) is 168 cm³/mol. The van der Waals surface area contributed by atoms with Gasteiger partial charge >= 0.3 is 0 Å². The lowest BCUT2D eigenvalue weighted by Gasteiger charge is -2.39. The number of hydrogen-bond donors (Lipinski definition) is 2. The molecule has 0 spiro atoms. The van der Waals surface area contributed by atoms with Crippen LogP contribution in [0.25, 0.3) is 11.1 Å². The minimum Gasteiger partial charge on any atom is -0.392 e. The molecule has 2 aliphatic rings. The minimum atomic E-state index is -0.472. The van der Waals surface area contributed by atoms with Crippen LogP contribution in [0.5, 0.6) is 0 Å². The van der Waals surface area contributed by atoms with Crippen molar-refractivity contribution >= 4 is 5.91 Å². The van der Waals surface area contributed by atoms with Crippen LogP contribution in [-0.2, 0) is 22.6 Å². The third kappa shape index (κ3) is 7.40. The number of benzene rings is 4. The first-order valence-corrected chi connectivity index (χ1v) is 15.4. The number of aliphatic hydroxyl groups is 1. The van der Waals surface area contributed by atoms with Gasteiger partial charge in [-0.25, -0.2) is 0 Å². The molecule has 3 atom stereocenters. The van der Waals surface area contributed by atoms with Crippen molar-refractivity contribution in [2.24, 2.45) is 0 Å². The zero-order valence-electron chi connectivity index (χ0n) is 24.5. The summed E-state index contributed by atoms with van der Waals surface area (Å²) in [6, 6.07) is 33.9. The summed E-state index contributed by atoms with van der Waals surface area (Å²) < 4.78 is 13.2. The molecule has 0 bridgehead atoms. The number of rotatable bonds is 9. The summed E-state index contributed by atoms with van der Waals surface area (Å²) in [6.07, 6.45) is 4.10. The molecule has 4 aromatic rings. The molecule has 2 heterocycles. The van der Waals surface area contributed by atoms with Gasteiger partial charge in [-0.05, 0) is 65.9 Å². The van der Waals surface area contributed by atoms with Gasteiger partial charge in [0.2, 0.25) is 0 Å². The van der Waals surface area contributed by atoms with Crippen LogP contribution in [0.3, 0.4) is 0 Å². The Labute approximate surface area is 254 Å². The highest BCUT2D eigenvalue weighted by atomic mass is 16.7. The van der Waals surface area contributed by atoms with E-state index in [0.29, 0.717) is 12.1 Å². The van der Waals surface area contributed by atoms with Crippen molar-refractivity contribution in [1.82, 2.24) is 10.2 Å². The zero-order valence-corrected chi connectivity index (χ0v) is 24.5. The molecule has 0 unspecified atom stereocenters. The maximum atomic E-state index is 12.6. The molecule has 6 nitrogen and oxygen atoms in total. The Morgan fingerprint density at radius 1 is 0.791 bits per heavy atom. The van der Waals surface area contributed by atoms with Gasteiger partial charge in [-0.3, -0.25) is 4.79 Å². The lowest BCUT2D eigenvalue weighted by Crippen LogP contribution is -2.41. The standard InChI is InChI=1S/C37H40N2O4/c40-26-27-13-15-29(16-14-27)35-23-33(25-39-21-7-2-8-22-39)42-37(43-35)31-19-17-28(18-20-31)34-12-6-5-11-32(34)24-38-36(41)30-9-3-1-4-10-30/h1,3-6,9-20,33,35,37,40H,2,7-8,21-26H2,(H,38,41)/t33-,35+,37+/m1/s1. The second-order valence-electron chi connectivity index (χ2n) is 11.5. The third-order valence-electron chi connectivity index (χ3n) is 8.51. The number of ether oxygens (including phenoxy) is 2. The molecule has 2 saturated heterocycles. The van der Waals surface area contributed by atoms with Crippen molar-refractivity contribution in [1.29, 1.82) is 0 Å². The third-order valence-corrected chi connectivity index (χ3v) is 8.51. The highest BCUT2D eigenvalue weighted by Gasteiger charge is 2.33. The second kappa shape index (κ2) is 14.1. The Kier molecular flexibility index (Phi) is 9.60. The Balaban J connectivity index is 1.18. The number of carbonyl (C=O) groups is 1. The molecule has 6 heteroatoms. The van der Waals surface area contributed by atoms with Gasteiger partial charge in [0.05, 0.1) is 18.8 Å². The molecule has 2 aliphatic heterocycles. The molecule has 6 rings (SSSR count). The van der Waals surface area contributed by atoms with E-state index in [1.165, 1.54) is 19.3 Å². The van der Waals surface area contributed by atoms with Crippen molar-refractivity contribution < 1.29 is 19.4 Å². The van der Waals surface area contributed by atoms with Crippen molar-refractivity contribution in [2.75, 3.05) is 19.6 Å². The summed E-state index contributed by atoms with van der Waals surface area (Å²) in [6.45, 7) is 3.63. The van der Waals surface area contributed by atoms with Crippen LogP contribution >= 0.6 is 0 Å². The van der Waals surface area contributed by atoms with Gasteiger partial charge in [0, 0.05) is 30.6 Å². The number of nitrogens with zero attached hydrogens (tertiary/aromatic N) is 1. The summed E-state index contributed by atoms with van der Waals surface area (Å²) in [4.78, 5) is 15.2. The number of nitrogens with one attached hydrogen (secondary N) is 1. The summed E-state index contributed by atoms with van der Waals surface area (Å²) in [7, 11) is 0. The van der Waals surface area contributed by atoms with Gasteiger partial charge in [0.25, 0.3) is 5.91 Å². The van der Waals surface area contributed by atoms with E-state index >= 15 is 0 Å². The molecule has 2 fully saturated rings. The summed E-state index contributed by atoms with van der Waals surface area (Å²) in [5.41, 5.74) is 6.85. The van der Waals surface area contributed by atoms with Crippen LogP contribution in [0.15, 0.2) is 103 Å². The Bertz CT molecular complexity index is 1470. The van der Waals surface area contributed by atoms with E-state index in [0.717, 1.165) is 59.4 Å². The number of aliphatic hydroxyl groups excluding tert-OH is 1. The van der Waals surface area contributed by atoms with Crippen LogP contribution < -0.4 is 5.32 Å². The molecule has 1 amide bonds. The fourth-order valence-electron chi connectivity index (χ4n) is 6.11. The maximum absolute atomic E-state index is 12.6. The molecule has 43 heavy (non-hydrogen) atoms. The van der Waals surface area contributed by atoms with E-state index in [4.69, 9.17) is 9.47 Å². The number of hydrogen-bond acceptors (Lipinski definition) is 5. The molecule has 4 aromatic carbocycles. The molecule has 0 aliphatic carbocycles. The second-order valence-corrected chi connectivity index (χ2v) is 11.5. The molecule has 0 aromatic heterocycles. The average molecular weight is 577 g/mol. The first-order chi connectivity index (χ1) is 21.2. The van der Waals surface area contributed by atoms with Crippen LogP contribution in [0.2, 0.25) is 0 Å².